The SMILES string of the molecule is N#CCOc1ccc2c(c1)OCC=C2. The van der Waals surface area contributed by atoms with Gasteiger partial charge in [0.05, 0.1) is 0 Å². The Balaban J connectivity index is 2.22. The first-order valence-electron chi connectivity index (χ1n) is 4.33. The second kappa shape index (κ2) is 3.84. The first-order chi connectivity index (χ1) is 6.90. The van der Waals surface area contributed by atoms with Crippen molar-refractivity contribution in [2.75, 3.05) is 13.2 Å². The molecular formula is C11H9NO2. The molecule has 0 saturated carbocycles. The van der Waals surface area contributed by atoms with Crippen LogP contribution in [0.4, 0.5) is 0 Å². The molecule has 0 fully saturated rings. The summed E-state index contributed by atoms with van der Waals surface area (Å²) < 4.78 is 10.6. The molecule has 0 spiro atoms. The largest absolute Gasteiger partial charge is 0.489 e. The maximum atomic E-state index is 8.35. The van der Waals surface area contributed by atoms with Crippen molar-refractivity contribution in [2.45, 2.75) is 0 Å². The molecule has 0 amide bonds. The van der Waals surface area contributed by atoms with Crippen LogP contribution in [0.2, 0.25) is 0 Å². The quantitative estimate of drug-likeness (QED) is 0.711. The smallest absolute Gasteiger partial charge is 0.174 e. The van der Waals surface area contributed by atoms with Crippen LogP contribution < -0.4 is 9.47 Å². The average molecular weight is 187 g/mol. The van der Waals surface area contributed by atoms with Crippen LogP contribution in [0, 0.1) is 11.3 Å². The van der Waals surface area contributed by atoms with E-state index in [1.807, 2.05) is 30.4 Å². The van der Waals surface area contributed by atoms with Crippen molar-refractivity contribution in [1.82, 2.24) is 0 Å². The molecule has 0 atom stereocenters. The Morgan fingerprint density at radius 3 is 3.29 bits per heavy atom. The van der Waals surface area contributed by atoms with Gasteiger partial charge in [-0.3, -0.25) is 0 Å². The molecule has 1 aliphatic rings. The van der Waals surface area contributed by atoms with Gasteiger partial charge in [0.25, 0.3) is 0 Å². The molecule has 0 saturated heterocycles. The van der Waals surface area contributed by atoms with E-state index in [1.54, 1.807) is 6.07 Å². The van der Waals surface area contributed by atoms with Crippen molar-refractivity contribution in [3.63, 3.8) is 0 Å². The summed E-state index contributed by atoms with van der Waals surface area (Å²) in [6.07, 6.45) is 3.96. The highest BCUT2D eigenvalue weighted by atomic mass is 16.5. The Morgan fingerprint density at radius 1 is 1.50 bits per heavy atom. The van der Waals surface area contributed by atoms with E-state index in [1.165, 1.54) is 0 Å². The fraction of sp³-hybridized carbons (Fsp3) is 0.182. The minimum atomic E-state index is 0.0641. The van der Waals surface area contributed by atoms with Gasteiger partial charge in [-0.1, -0.05) is 6.08 Å². The molecule has 0 aliphatic carbocycles. The second-order valence-corrected chi connectivity index (χ2v) is 2.86. The monoisotopic (exact) mass is 187 g/mol. The standard InChI is InChI=1S/C11H9NO2/c12-5-7-13-10-4-3-9-2-1-6-14-11(9)8-10/h1-4,8H,6-7H2. The molecule has 0 bridgehead atoms. The summed E-state index contributed by atoms with van der Waals surface area (Å²) in [5.41, 5.74) is 1.04. The molecule has 70 valence electrons. The van der Waals surface area contributed by atoms with E-state index in [9.17, 15) is 0 Å². The van der Waals surface area contributed by atoms with Gasteiger partial charge in [0.1, 0.15) is 24.2 Å². The van der Waals surface area contributed by atoms with Crippen LogP contribution >= 0.6 is 0 Å². The van der Waals surface area contributed by atoms with Crippen molar-refractivity contribution in [1.29, 1.82) is 5.26 Å². The van der Waals surface area contributed by atoms with Gasteiger partial charge < -0.3 is 9.47 Å². The van der Waals surface area contributed by atoms with Crippen molar-refractivity contribution in [2.24, 2.45) is 0 Å². The number of fused-ring (bicyclic) bond motifs is 1. The molecule has 3 nitrogen and oxygen atoms in total. The van der Waals surface area contributed by atoms with Gasteiger partial charge in [-0.15, -0.1) is 0 Å². The van der Waals surface area contributed by atoms with Crippen molar-refractivity contribution >= 4 is 6.08 Å². The zero-order valence-corrected chi connectivity index (χ0v) is 7.56. The highest BCUT2D eigenvalue weighted by molar-refractivity contribution is 5.60. The third kappa shape index (κ3) is 1.69. The van der Waals surface area contributed by atoms with Gasteiger partial charge in [0.2, 0.25) is 0 Å². The summed E-state index contributed by atoms with van der Waals surface area (Å²) in [6.45, 7) is 0.656. The van der Waals surface area contributed by atoms with E-state index in [2.05, 4.69) is 0 Å². The number of nitriles is 1. The third-order valence-corrected chi connectivity index (χ3v) is 1.92. The zero-order valence-electron chi connectivity index (χ0n) is 7.56. The minimum Gasteiger partial charge on any atom is -0.489 e. The van der Waals surface area contributed by atoms with E-state index in [0.717, 1.165) is 11.3 Å². The number of benzene rings is 1. The van der Waals surface area contributed by atoms with Crippen LogP contribution in [-0.4, -0.2) is 13.2 Å². The first-order valence-corrected chi connectivity index (χ1v) is 4.33. The van der Waals surface area contributed by atoms with E-state index in [-0.39, 0.29) is 6.61 Å². The lowest BCUT2D eigenvalue weighted by atomic mass is 10.1. The molecule has 1 heterocycles. The molecule has 0 N–H and O–H groups in total. The third-order valence-electron chi connectivity index (χ3n) is 1.92. The van der Waals surface area contributed by atoms with Crippen molar-refractivity contribution in [3.05, 3.63) is 29.8 Å². The highest BCUT2D eigenvalue weighted by Crippen LogP contribution is 2.28. The minimum absolute atomic E-state index is 0.0641. The molecule has 1 aromatic carbocycles. The number of rotatable bonds is 2. The van der Waals surface area contributed by atoms with E-state index < -0.39 is 0 Å². The van der Waals surface area contributed by atoms with Gasteiger partial charge in [-0.25, -0.2) is 0 Å². The predicted molar refractivity (Wildman–Crippen MR) is 52.1 cm³/mol. The lowest BCUT2D eigenvalue weighted by molar-refractivity contribution is 0.344. The van der Waals surface area contributed by atoms with E-state index in [4.69, 9.17) is 14.7 Å². The summed E-state index contributed by atoms with van der Waals surface area (Å²) in [5.74, 6) is 1.48. The summed E-state index contributed by atoms with van der Waals surface area (Å²) >= 11 is 0. The Labute approximate surface area is 82.2 Å². The van der Waals surface area contributed by atoms with Gasteiger partial charge in [0, 0.05) is 11.6 Å². The van der Waals surface area contributed by atoms with Crippen molar-refractivity contribution < 1.29 is 9.47 Å². The molecule has 0 unspecified atom stereocenters. The number of nitrogens with zero attached hydrogens (tertiary/aromatic N) is 1. The number of hydrogen-bond acceptors (Lipinski definition) is 3. The predicted octanol–water partition coefficient (Wildman–Crippen LogP) is 1.99. The molecule has 0 radical (unpaired) electrons. The second-order valence-electron chi connectivity index (χ2n) is 2.86. The molecule has 2 rings (SSSR count). The summed E-state index contributed by atoms with van der Waals surface area (Å²) in [5, 5.41) is 8.35. The van der Waals surface area contributed by atoms with Gasteiger partial charge in [0.15, 0.2) is 6.61 Å². The fourth-order valence-corrected chi connectivity index (χ4v) is 1.30. The normalized spacial score (nSPS) is 12.5. The van der Waals surface area contributed by atoms with Crippen LogP contribution in [0.5, 0.6) is 11.5 Å². The summed E-state index contributed by atoms with van der Waals surface area (Å²) in [7, 11) is 0. The van der Waals surface area contributed by atoms with Crippen LogP contribution in [0.3, 0.4) is 0 Å². The molecule has 14 heavy (non-hydrogen) atoms. The van der Waals surface area contributed by atoms with Crippen LogP contribution in [-0.2, 0) is 0 Å². The Kier molecular flexibility index (Phi) is 2.37. The average Bonchev–Trinajstić information content (AvgIpc) is 2.26. The number of ether oxygens (including phenoxy) is 2. The highest BCUT2D eigenvalue weighted by Gasteiger charge is 2.06. The maximum Gasteiger partial charge on any atom is 0.174 e. The molecule has 1 aliphatic heterocycles. The van der Waals surface area contributed by atoms with Crippen LogP contribution in [0.15, 0.2) is 24.3 Å². The summed E-state index contributed by atoms with van der Waals surface area (Å²) in [6, 6.07) is 7.46. The maximum absolute atomic E-state index is 8.35. The zero-order chi connectivity index (χ0) is 9.80. The Hall–Kier alpha value is -1.95. The topological polar surface area (TPSA) is 42.2 Å². The molecule has 3 heteroatoms. The van der Waals surface area contributed by atoms with Crippen molar-refractivity contribution in [3.8, 4) is 17.6 Å². The van der Waals surface area contributed by atoms with Gasteiger partial charge in [-0.2, -0.15) is 5.26 Å². The van der Waals surface area contributed by atoms with Crippen LogP contribution in [0.25, 0.3) is 6.08 Å². The lowest BCUT2D eigenvalue weighted by Crippen LogP contribution is -2.01. The summed E-state index contributed by atoms with van der Waals surface area (Å²) in [4.78, 5) is 0. The number of hydrogen-bond donors (Lipinski definition) is 0. The van der Waals surface area contributed by atoms with E-state index in [0.29, 0.717) is 12.4 Å². The van der Waals surface area contributed by atoms with Gasteiger partial charge >= 0.3 is 0 Å². The molecule has 0 aromatic heterocycles. The Bertz CT molecular complexity index is 404. The van der Waals surface area contributed by atoms with E-state index >= 15 is 0 Å². The first kappa shape index (κ1) is 8.64. The molecular weight excluding hydrogens is 178 g/mol. The molecule has 1 aromatic rings. The Morgan fingerprint density at radius 2 is 2.43 bits per heavy atom. The lowest BCUT2D eigenvalue weighted by Gasteiger charge is -2.13. The van der Waals surface area contributed by atoms with Crippen LogP contribution in [0.1, 0.15) is 5.56 Å². The fourth-order valence-electron chi connectivity index (χ4n) is 1.30. The van der Waals surface area contributed by atoms with Gasteiger partial charge in [-0.05, 0) is 18.2 Å².